The largest absolute Gasteiger partial charge is 0.352 e. The SMILES string of the molecule is c1cnc(-c2cc3ccc(-c4nccc(Nc5ccc(C6CNNC6)cc5)n4)cc3[nH]2)nc1. The molecule has 4 heterocycles. The number of hydrogen-bond donors (Lipinski definition) is 4. The number of aromatic amines is 1. The van der Waals surface area contributed by atoms with Crippen LogP contribution in [0, 0.1) is 0 Å². The highest BCUT2D eigenvalue weighted by Crippen LogP contribution is 2.27. The minimum Gasteiger partial charge on any atom is -0.352 e. The summed E-state index contributed by atoms with van der Waals surface area (Å²) in [6, 6.07) is 20.4. The molecule has 1 aliphatic rings. The van der Waals surface area contributed by atoms with E-state index < -0.39 is 0 Å². The molecule has 0 saturated carbocycles. The van der Waals surface area contributed by atoms with Gasteiger partial charge >= 0.3 is 0 Å². The lowest BCUT2D eigenvalue weighted by Gasteiger charge is -2.11. The minimum atomic E-state index is 0.501. The van der Waals surface area contributed by atoms with E-state index in [0.717, 1.165) is 46.8 Å². The summed E-state index contributed by atoms with van der Waals surface area (Å²) in [5.74, 6) is 2.58. The van der Waals surface area contributed by atoms with E-state index in [0.29, 0.717) is 17.6 Å². The average Bonchev–Trinajstić information content (AvgIpc) is 3.55. The Morgan fingerprint density at radius 1 is 0.788 bits per heavy atom. The van der Waals surface area contributed by atoms with E-state index in [1.807, 2.05) is 18.2 Å². The van der Waals surface area contributed by atoms with Crippen molar-refractivity contribution in [2.75, 3.05) is 18.4 Å². The van der Waals surface area contributed by atoms with Gasteiger partial charge in [0, 0.05) is 59.8 Å². The third-order valence-corrected chi connectivity index (χ3v) is 5.82. The molecule has 5 aromatic rings. The molecule has 0 atom stereocenters. The molecule has 4 N–H and O–H groups in total. The lowest BCUT2D eigenvalue weighted by molar-refractivity contribution is 0.689. The second kappa shape index (κ2) is 8.42. The molecule has 162 valence electrons. The average molecular weight is 435 g/mol. The molecule has 1 fully saturated rings. The van der Waals surface area contributed by atoms with E-state index in [9.17, 15) is 0 Å². The van der Waals surface area contributed by atoms with Crippen molar-refractivity contribution in [2.45, 2.75) is 5.92 Å². The molecule has 6 rings (SSSR count). The molecule has 0 aliphatic carbocycles. The Balaban J connectivity index is 1.24. The molecule has 0 bridgehead atoms. The van der Waals surface area contributed by atoms with Crippen LogP contribution in [-0.2, 0) is 0 Å². The fourth-order valence-electron chi connectivity index (χ4n) is 4.08. The normalized spacial score (nSPS) is 14.1. The maximum atomic E-state index is 4.73. The van der Waals surface area contributed by atoms with Crippen LogP contribution in [0.1, 0.15) is 11.5 Å². The highest BCUT2D eigenvalue weighted by Gasteiger charge is 2.16. The van der Waals surface area contributed by atoms with Crippen molar-refractivity contribution in [1.29, 1.82) is 0 Å². The minimum absolute atomic E-state index is 0.501. The predicted molar refractivity (Wildman–Crippen MR) is 129 cm³/mol. The number of benzene rings is 2. The molecule has 3 aromatic heterocycles. The van der Waals surface area contributed by atoms with Gasteiger partial charge in [-0.25, -0.2) is 19.9 Å². The first-order valence-corrected chi connectivity index (χ1v) is 10.9. The van der Waals surface area contributed by atoms with Crippen LogP contribution in [0.15, 0.2) is 79.3 Å². The molecule has 0 spiro atoms. The van der Waals surface area contributed by atoms with Gasteiger partial charge in [-0.3, -0.25) is 10.9 Å². The van der Waals surface area contributed by atoms with Crippen molar-refractivity contribution in [2.24, 2.45) is 0 Å². The number of aromatic nitrogens is 5. The first-order chi connectivity index (χ1) is 16.3. The number of nitrogens with one attached hydrogen (secondary N) is 4. The highest BCUT2D eigenvalue weighted by molar-refractivity contribution is 5.88. The topological polar surface area (TPSA) is 103 Å². The molecule has 0 unspecified atom stereocenters. The summed E-state index contributed by atoms with van der Waals surface area (Å²) < 4.78 is 0. The lowest BCUT2D eigenvalue weighted by Crippen LogP contribution is -2.21. The van der Waals surface area contributed by atoms with E-state index in [1.54, 1.807) is 18.6 Å². The summed E-state index contributed by atoms with van der Waals surface area (Å²) >= 11 is 0. The predicted octanol–water partition coefficient (Wildman–Crippen LogP) is 4.02. The first kappa shape index (κ1) is 19.5. The monoisotopic (exact) mass is 434 g/mol. The van der Waals surface area contributed by atoms with Gasteiger partial charge in [0.15, 0.2) is 11.6 Å². The van der Waals surface area contributed by atoms with Crippen LogP contribution in [0.25, 0.3) is 33.8 Å². The first-order valence-electron chi connectivity index (χ1n) is 10.9. The Bertz CT molecular complexity index is 1390. The zero-order chi connectivity index (χ0) is 22.0. The number of rotatable bonds is 5. The van der Waals surface area contributed by atoms with Crippen molar-refractivity contribution in [3.05, 3.63) is 84.8 Å². The van der Waals surface area contributed by atoms with Crippen LogP contribution < -0.4 is 16.2 Å². The van der Waals surface area contributed by atoms with Gasteiger partial charge < -0.3 is 10.3 Å². The van der Waals surface area contributed by atoms with Gasteiger partial charge in [0.1, 0.15) is 5.82 Å². The molecule has 8 nitrogen and oxygen atoms in total. The number of fused-ring (bicyclic) bond motifs is 1. The second-order valence-corrected chi connectivity index (χ2v) is 8.03. The molecular formula is C25H22N8. The smallest absolute Gasteiger partial charge is 0.175 e. The van der Waals surface area contributed by atoms with E-state index in [1.165, 1.54) is 5.56 Å². The molecule has 0 amide bonds. The summed E-state index contributed by atoms with van der Waals surface area (Å²) in [5, 5.41) is 4.47. The Morgan fingerprint density at radius 2 is 1.58 bits per heavy atom. The molecule has 33 heavy (non-hydrogen) atoms. The second-order valence-electron chi connectivity index (χ2n) is 8.03. The molecule has 8 heteroatoms. The molecule has 2 aromatic carbocycles. The van der Waals surface area contributed by atoms with Crippen LogP contribution in [-0.4, -0.2) is 38.0 Å². The van der Waals surface area contributed by atoms with Gasteiger partial charge in [-0.1, -0.05) is 24.3 Å². The van der Waals surface area contributed by atoms with Gasteiger partial charge in [-0.15, -0.1) is 0 Å². The van der Waals surface area contributed by atoms with E-state index in [2.05, 4.69) is 78.6 Å². The molecule has 1 saturated heterocycles. The third kappa shape index (κ3) is 4.05. The van der Waals surface area contributed by atoms with Crippen LogP contribution in [0.3, 0.4) is 0 Å². The van der Waals surface area contributed by atoms with Gasteiger partial charge in [-0.2, -0.15) is 0 Å². The standard InChI is InChI=1S/C25H22N8/c1-9-26-25(27-10-1)22-12-17-2-3-18(13-21(17)32-22)24-28-11-8-23(33-24)31-20-6-4-16(5-7-20)19-14-29-30-15-19/h1-13,19,29-30,32H,14-15H2,(H,28,31,33). The number of hydrazine groups is 1. The summed E-state index contributed by atoms with van der Waals surface area (Å²) in [6.45, 7) is 1.90. The maximum Gasteiger partial charge on any atom is 0.175 e. The van der Waals surface area contributed by atoms with Crippen LogP contribution in [0.4, 0.5) is 11.5 Å². The van der Waals surface area contributed by atoms with Gasteiger partial charge in [0.2, 0.25) is 0 Å². The van der Waals surface area contributed by atoms with Crippen molar-refractivity contribution in [3.8, 4) is 22.9 Å². The zero-order valence-electron chi connectivity index (χ0n) is 17.8. The number of H-pyrrole nitrogens is 1. The van der Waals surface area contributed by atoms with Crippen molar-refractivity contribution in [3.63, 3.8) is 0 Å². The van der Waals surface area contributed by atoms with E-state index in [4.69, 9.17) is 4.98 Å². The lowest BCUT2D eigenvalue weighted by atomic mass is 10.0. The molecule has 1 aliphatic heterocycles. The number of anilines is 2. The van der Waals surface area contributed by atoms with Crippen LogP contribution in [0.5, 0.6) is 0 Å². The highest BCUT2D eigenvalue weighted by atomic mass is 15.4. The van der Waals surface area contributed by atoms with Crippen molar-refractivity contribution in [1.82, 2.24) is 35.8 Å². The van der Waals surface area contributed by atoms with Crippen molar-refractivity contribution < 1.29 is 0 Å². The Labute approximate surface area is 190 Å². The number of hydrogen-bond acceptors (Lipinski definition) is 7. The quantitative estimate of drug-likeness (QED) is 0.331. The van der Waals surface area contributed by atoms with Gasteiger partial charge in [0.25, 0.3) is 0 Å². The zero-order valence-corrected chi connectivity index (χ0v) is 17.8. The third-order valence-electron chi connectivity index (χ3n) is 5.82. The Kier molecular flexibility index (Phi) is 4.98. The van der Waals surface area contributed by atoms with Crippen molar-refractivity contribution >= 4 is 22.4 Å². The van der Waals surface area contributed by atoms with Gasteiger partial charge in [0.05, 0.1) is 5.69 Å². The summed E-state index contributed by atoms with van der Waals surface area (Å²) in [5.41, 5.74) is 11.5. The summed E-state index contributed by atoms with van der Waals surface area (Å²) in [7, 11) is 0. The van der Waals surface area contributed by atoms with Gasteiger partial charge in [-0.05, 0) is 42.0 Å². The van der Waals surface area contributed by atoms with Crippen LogP contribution >= 0.6 is 0 Å². The summed E-state index contributed by atoms with van der Waals surface area (Å²) in [4.78, 5) is 21.3. The Hall–Kier alpha value is -4.14. The molecule has 0 radical (unpaired) electrons. The summed E-state index contributed by atoms with van der Waals surface area (Å²) in [6.07, 6.45) is 5.25. The van der Waals surface area contributed by atoms with Crippen LogP contribution in [0.2, 0.25) is 0 Å². The fourth-order valence-corrected chi connectivity index (χ4v) is 4.08. The number of nitrogens with zero attached hydrogens (tertiary/aromatic N) is 4. The fraction of sp³-hybridized carbons (Fsp3) is 0.120. The van der Waals surface area contributed by atoms with E-state index in [-0.39, 0.29) is 0 Å². The molecular weight excluding hydrogens is 412 g/mol. The van der Waals surface area contributed by atoms with E-state index >= 15 is 0 Å². The maximum absolute atomic E-state index is 4.73. The Morgan fingerprint density at radius 3 is 2.39 bits per heavy atom.